The number of anilines is 5. The first-order chi connectivity index (χ1) is 22.1. The van der Waals surface area contributed by atoms with Crippen molar-refractivity contribution in [2.24, 2.45) is 0 Å². The van der Waals surface area contributed by atoms with E-state index in [0.29, 0.717) is 9.80 Å². The van der Waals surface area contributed by atoms with Gasteiger partial charge in [0.15, 0.2) is 23.1 Å². The standard InChI is InChI=1S/C29H31F4N9O4/c1-4-22(43)36-16-7-5-6-8-17(16)37-27-34-10-9-21(38-27)39-28-35-12-15-13-41(29(44)42(14-20(30)31)26(15)40-28)25-23(32)18(45-2)11-19(46-3)24(25)33/h4,9-12,16-17,20H,1,5-8,13-14H2,2-3H3,(H,36,43)(H2,34,35,37,38,39,40). The molecule has 2 aliphatic rings. The molecule has 1 saturated carbocycles. The molecule has 13 nitrogen and oxygen atoms in total. The summed E-state index contributed by atoms with van der Waals surface area (Å²) >= 11 is 0. The molecule has 2 atom stereocenters. The van der Waals surface area contributed by atoms with E-state index in [-0.39, 0.29) is 47.1 Å². The number of amides is 3. The fourth-order valence-electron chi connectivity index (χ4n) is 5.36. The number of carbonyl (C=O) groups excluding carboxylic acids is 2. The molecule has 1 fully saturated rings. The minimum Gasteiger partial charge on any atom is -0.493 e. The number of alkyl halides is 2. The molecule has 3 heterocycles. The summed E-state index contributed by atoms with van der Waals surface area (Å²) in [7, 11) is 2.29. The summed E-state index contributed by atoms with van der Waals surface area (Å²) in [6.07, 6.45) is 4.40. The Labute approximate surface area is 261 Å². The number of ether oxygens (including phenoxy) is 2. The molecule has 0 bridgehead atoms. The zero-order chi connectivity index (χ0) is 33.0. The van der Waals surface area contributed by atoms with Crippen LogP contribution < -0.4 is 35.2 Å². The zero-order valence-corrected chi connectivity index (χ0v) is 24.9. The van der Waals surface area contributed by atoms with Crippen molar-refractivity contribution in [3.8, 4) is 11.5 Å². The molecule has 0 spiro atoms. The Hall–Kier alpha value is -5.22. The highest BCUT2D eigenvalue weighted by molar-refractivity contribution is 6.06. The molecule has 244 valence electrons. The maximum absolute atomic E-state index is 15.3. The fraction of sp³-hybridized carbons (Fsp3) is 0.379. The first kappa shape index (κ1) is 32.2. The number of aromatic nitrogens is 4. The van der Waals surface area contributed by atoms with E-state index in [4.69, 9.17) is 9.47 Å². The first-order valence-electron chi connectivity index (χ1n) is 14.3. The van der Waals surface area contributed by atoms with Crippen LogP contribution in [0.4, 0.5) is 51.6 Å². The number of nitrogens with zero attached hydrogens (tertiary/aromatic N) is 6. The van der Waals surface area contributed by atoms with Crippen molar-refractivity contribution in [1.29, 1.82) is 0 Å². The number of urea groups is 1. The van der Waals surface area contributed by atoms with Crippen molar-refractivity contribution < 1.29 is 36.6 Å². The number of rotatable bonds is 11. The monoisotopic (exact) mass is 645 g/mol. The van der Waals surface area contributed by atoms with Crippen LogP contribution in [0.2, 0.25) is 0 Å². The van der Waals surface area contributed by atoms with Crippen LogP contribution in [0.25, 0.3) is 0 Å². The smallest absolute Gasteiger partial charge is 0.330 e. The lowest BCUT2D eigenvalue weighted by atomic mass is 9.90. The van der Waals surface area contributed by atoms with Crippen LogP contribution in [-0.4, -0.2) is 71.1 Å². The quantitative estimate of drug-likeness (QED) is 0.201. The average Bonchev–Trinajstić information content (AvgIpc) is 3.04. The van der Waals surface area contributed by atoms with Gasteiger partial charge in [0, 0.05) is 36.1 Å². The summed E-state index contributed by atoms with van der Waals surface area (Å²) < 4.78 is 67.9. The second kappa shape index (κ2) is 13.8. The molecule has 0 saturated heterocycles. The van der Waals surface area contributed by atoms with E-state index in [2.05, 4.69) is 42.5 Å². The lowest BCUT2D eigenvalue weighted by Crippen LogP contribution is -2.50. The summed E-state index contributed by atoms with van der Waals surface area (Å²) in [6, 6.07) is 1.06. The number of carbonyl (C=O) groups is 2. The van der Waals surface area contributed by atoms with Gasteiger partial charge in [0.25, 0.3) is 6.43 Å². The van der Waals surface area contributed by atoms with Gasteiger partial charge in [-0.2, -0.15) is 9.97 Å². The number of methoxy groups -OCH3 is 2. The second-order valence-electron chi connectivity index (χ2n) is 10.4. The van der Waals surface area contributed by atoms with E-state index in [9.17, 15) is 18.4 Å². The molecule has 1 aliphatic carbocycles. The van der Waals surface area contributed by atoms with Crippen LogP contribution in [0.15, 0.2) is 37.2 Å². The topological polar surface area (TPSA) is 147 Å². The first-order valence-corrected chi connectivity index (χ1v) is 14.3. The van der Waals surface area contributed by atoms with Gasteiger partial charge in [-0.25, -0.2) is 32.3 Å². The predicted octanol–water partition coefficient (Wildman–Crippen LogP) is 4.54. The van der Waals surface area contributed by atoms with Crippen molar-refractivity contribution in [2.75, 3.05) is 41.2 Å². The second-order valence-corrected chi connectivity index (χ2v) is 10.4. The summed E-state index contributed by atoms with van der Waals surface area (Å²) in [5.41, 5.74) is -0.695. The van der Waals surface area contributed by atoms with Gasteiger partial charge in [-0.05, 0) is 25.0 Å². The van der Waals surface area contributed by atoms with Gasteiger partial charge in [0.1, 0.15) is 17.3 Å². The van der Waals surface area contributed by atoms with Crippen LogP contribution in [0, 0.1) is 11.6 Å². The normalized spacial score (nSPS) is 17.8. The van der Waals surface area contributed by atoms with E-state index >= 15 is 8.78 Å². The number of hydrogen-bond donors (Lipinski definition) is 3. The molecule has 17 heteroatoms. The Morgan fingerprint density at radius 3 is 2.43 bits per heavy atom. The van der Waals surface area contributed by atoms with E-state index in [0.717, 1.165) is 46.0 Å². The number of hydrogen-bond acceptors (Lipinski definition) is 10. The molecule has 1 aliphatic heterocycles. The lowest BCUT2D eigenvalue weighted by molar-refractivity contribution is -0.117. The summed E-state index contributed by atoms with van der Waals surface area (Å²) in [4.78, 5) is 43.9. The lowest BCUT2D eigenvalue weighted by Gasteiger charge is -2.36. The van der Waals surface area contributed by atoms with E-state index in [1.807, 2.05) is 0 Å². The molecule has 0 radical (unpaired) electrons. The summed E-state index contributed by atoms with van der Waals surface area (Å²) in [5.74, 6) is -3.30. The number of nitrogens with one attached hydrogen (secondary N) is 3. The van der Waals surface area contributed by atoms with Crippen LogP contribution in [-0.2, 0) is 11.3 Å². The third-order valence-electron chi connectivity index (χ3n) is 7.52. The van der Waals surface area contributed by atoms with Crippen molar-refractivity contribution >= 4 is 41.2 Å². The van der Waals surface area contributed by atoms with Gasteiger partial charge in [0.2, 0.25) is 17.8 Å². The summed E-state index contributed by atoms with van der Waals surface area (Å²) in [6.45, 7) is 1.94. The van der Waals surface area contributed by atoms with E-state index in [1.165, 1.54) is 24.5 Å². The van der Waals surface area contributed by atoms with Crippen LogP contribution >= 0.6 is 0 Å². The Kier molecular flexibility index (Phi) is 9.67. The number of benzene rings is 1. The fourth-order valence-corrected chi connectivity index (χ4v) is 5.36. The molecule has 3 N–H and O–H groups in total. The third kappa shape index (κ3) is 6.72. The molecule has 3 aromatic rings. The van der Waals surface area contributed by atoms with E-state index in [1.54, 1.807) is 0 Å². The Morgan fingerprint density at radius 2 is 1.78 bits per heavy atom. The molecule has 5 rings (SSSR count). The zero-order valence-electron chi connectivity index (χ0n) is 24.9. The average molecular weight is 646 g/mol. The molecule has 2 aromatic heterocycles. The molecule has 3 amide bonds. The maximum atomic E-state index is 15.3. The predicted molar refractivity (Wildman–Crippen MR) is 160 cm³/mol. The summed E-state index contributed by atoms with van der Waals surface area (Å²) in [5, 5.41) is 9.04. The molecular formula is C29H31F4N9O4. The molecule has 2 unspecified atom stereocenters. The Balaban J connectivity index is 1.41. The highest BCUT2D eigenvalue weighted by Crippen LogP contribution is 2.40. The van der Waals surface area contributed by atoms with Crippen molar-refractivity contribution in [2.45, 2.75) is 50.7 Å². The van der Waals surface area contributed by atoms with Crippen LogP contribution in [0.1, 0.15) is 31.2 Å². The van der Waals surface area contributed by atoms with Crippen molar-refractivity contribution in [3.05, 3.63) is 54.4 Å². The third-order valence-corrected chi connectivity index (χ3v) is 7.52. The van der Waals surface area contributed by atoms with Gasteiger partial charge in [-0.15, -0.1) is 0 Å². The molecular weight excluding hydrogens is 614 g/mol. The minimum absolute atomic E-state index is 0.0851. The minimum atomic E-state index is -3.01. The van der Waals surface area contributed by atoms with Crippen molar-refractivity contribution in [1.82, 2.24) is 25.3 Å². The van der Waals surface area contributed by atoms with Crippen LogP contribution in [0.3, 0.4) is 0 Å². The van der Waals surface area contributed by atoms with Crippen LogP contribution in [0.5, 0.6) is 11.5 Å². The van der Waals surface area contributed by atoms with Gasteiger partial charge < -0.3 is 25.4 Å². The van der Waals surface area contributed by atoms with E-state index < -0.39 is 54.4 Å². The Morgan fingerprint density at radius 1 is 1.09 bits per heavy atom. The highest BCUT2D eigenvalue weighted by atomic mass is 19.3. The van der Waals surface area contributed by atoms with Gasteiger partial charge in [0.05, 0.1) is 27.3 Å². The maximum Gasteiger partial charge on any atom is 0.330 e. The number of fused-ring (bicyclic) bond motifs is 1. The van der Waals surface area contributed by atoms with Crippen molar-refractivity contribution in [3.63, 3.8) is 0 Å². The van der Waals surface area contributed by atoms with Gasteiger partial charge in [-0.3, -0.25) is 14.6 Å². The Bertz CT molecular complexity index is 1600. The number of halogens is 4. The molecule has 1 aromatic carbocycles. The highest BCUT2D eigenvalue weighted by Gasteiger charge is 2.39. The van der Waals surface area contributed by atoms with Gasteiger partial charge >= 0.3 is 6.03 Å². The molecule has 46 heavy (non-hydrogen) atoms. The SMILES string of the molecule is C=CC(=O)NC1CCCCC1Nc1nccc(Nc2ncc3c(n2)N(CC(F)F)C(=O)N(c2c(F)c(OC)cc(OC)c2F)C3)n1. The van der Waals surface area contributed by atoms with Gasteiger partial charge in [-0.1, -0.05) is 19.4 Å². The largest absolute Gasteiger partial charge is 0.493 e.